The van der Waals surface area contributed by atoms with Crippen LogP contribution in [0.2, 0.25) is 5.02 Å². The first-order valence-corrected chi connectivity index (χ1v) is 7.58. The van der Waals surface area contributed by atoms with Crippen LogP contribution in [0.4, 0.5) is 0 Å². The van der Waals surface area contributed by atoms with Crippen LogP contribution < -0.4 is 5.63 Å². The van der Waals surface area contributed by atoms with E-state index in [0.717, 1.165) is 4.88 Å². The highest BCUT2D eigenvalue weighted by Gasteiger charge is 2.16. The largest absolute Gasteiger partial charge is 0.422 e. The van der Waals surface area contributed by atoms with Crippen LogP contribution in [0.5, 0.6) is 0 Å². The van der Waals surface area contributed by atoms with E-state index in [1.807, 2.05) is 17.5 Å². The fourth-order valence-corrected chi connectivity index (χ4v) is 2.91. The third-order valence-electron chi connectivity index (χ3n) is 3.09. The lowest BCUT2D eigenvalue weighted by atomic mass is 10.2. The maximum Gasteiger partial charge on any atom is 0.349 e. The van der Waals surface area contributed by atoms with Gasteiger partial charge in [-0.15, -0.1) is 11.3 Å². The molecule has 0 amide bonds. The molecule has 22 heavy (non-hydrogen) atoms. The first kappa shape index (κ1) is 13.2. The second-order valence-electron chi connectivity index (χ2n) is 4.53. The second kappa shape index (κ2) is 5.08. The van der Waals surface area contributed by atoms with E-state index in [1.54, 1.807) is 24.3 Å². The summed E-state index contributed by atoms with van der Waals surface area (Å²) in [4.78, 5) is 17.2. The summed E-state index contributed by atoms with van der Waals surface area (Å²) in [6, 6.07) is 10.4. The van der Waals surface area contributed by atoms with Crippen molar-refractivity contribution in [2.24, 2.45) is 0 Å². The van der Waals surface area contributed by atoms with E-state index in [9.17, 15) is 4.79 Å². The SMILES string of the molecule is O=c1oc2ccc(Cl)cc2cc1-c1nc(-c2cccs2)no1. The monoisotopic (exact) mass is 330 g/mol. The Balaban J connectivity index is 1.87. The van der Waals surface area contributed by atoms with Crippen LogP contribution in [-0.4, -0.2) is 10.1 Å². The number of thiophene rings is 1. The Hall–Kier alpha value is -2.44. The number of hydrogen-bond donors (Lipinski definition) is 0. The Morgan fingerprint density at radius 2 is 2.09 bits per heavy atom. The highest BCUT2D eigenvalue weighted by atomic mass is 35.5. The molecule has 108 valence electrons. The predicted molar refractivity (Wildman–Crippen MR) is 84.1 cm³/mol. The van der Waals surface area contributed by atoms with Crippen molar-refractivity contribution in [1.82, 2.24) is 10.1 Å². The lowest BCUT2D eigenvalue weighted by Crippen LogP contribution is -2.02. The normalized spacial score (nSPS) is 11.1. The summed E-state index contributed by atoms with van der Waals surface area (Å²) in [6.07, 6.45) is 0. The Kier molecular flexibility index (Phi) is 3.06. The molecule has 4 aromatic rings. The zero-order valence-corrected chi connectivity index (χ0v) is 12.5. The van der Waals surface area contributed by atoms with Crippen LogP contribution in [0.1, 0.15) is 0 Å². The van der Waals surface area contributed by atoms with Crippen molar-refractivity contribution in [3.63, 3.8) is 0 Å². The number of fused-ring (bicyclic) bond motifs is 1. The van der Waals surface area contributed by atoms with E-state index in [0.29, 0.717) is 21.8 Å². The summed E-state index contributed by atoms with van der Waals surface area (Å²) in [5.41, 5.74) is 0.137. The van der Waals surface area contributed by atoms with Gasteiger partial charge in [0.05, 0.1) is 4.88 Å². The van der Waals surface area contributed by atoms with E-state index in [4.69, 9.17) is 20.5 Å². The van der Waals surface area contributed by atoms with Gasteiger partial charge < -0.3 is 8.94 Å². The lowest BCUT2D eigenvalue weighted by molar-refractivity contribution is 0.429. The van der Waals surface area contributed by atoms with Crippen molar-refractivity contribution in [2.75, 3.05) is 0 Å². The first-order valence-electron chi connectivity index (χ1n) is 6.32. The third-order valence-corrected chi connectivity index (χ3v) is 4.19. The predicted octanol–water partition coefficient (Wildman–Crippen LogP) is 4.22. The zero-order chi connectivity index (χ0) is 15.1. The Labute approximate surface area is 132 Å². The van der Waals surface area contributed by atoms with Crippen molar-refractivity contribution in [3.05, 3.63) is 57.2 Å². The highest BCUT2D eigenvalue weighted by molar-refractivity contribution is 7.13. The van der Waals surface area contributed by atoms with E-state index in [2.05, 4.69) is 10.1 Å². The average molecular weight is 331 g/mol. The number of benzene rings is 1. The van der Waals surface area contributed by atoms with Crippen molar-refractivity contribution in [2.45, 2.75) is 0 Å². The van der Waals surface area contributed by atoms with Gasteiger partial charge in [-0.25, -0.2) is 4.79 Å². The number of hydrogen-bond acceptors (Lipinski definition) is 6. The van der Waals surface area contributed by atoms with Crippen molar-refractivity contribution < 1.29 is 8.94 Å². The minimum absolute atomic E-state index is 0.124. The molecule has 0 bridgehead atoms. The number of nitrogens with zero attached hydrogens (tertiary/aromatic N) is 2. The van der Waals surface area contributed by atoms with Crippen LogP contribution in [-0.2, 0) is 0 Å². The van der Waals surface area contributed by atoms with E-state index >= 15 is 0 Å². The van der Waals surface area contributed by atoms with Gasteiger partial charge in [-0.05, 0) is 35.7 Å². The van der Waals surface area contributed by atoms with Crippen LogP contribution >= 0.6 is 22.9 Å². The standard InChI is InChI=1S/C15H7ClN2O3S/c16-9-3-4-11-8(6-9)7-10(15(19)20-11)14-17-13(18-21-14)12-2-1-5-22-12/h1-7H. The summed E-state index contributed by atoms with van der Waals surface area (Å²) in [6.45, 7) is 0. The molecule has 0 aliphatic carbocycles. The van der Waals surface area contributed by atoms with Gasteiger partial charge in [-0.2, -0.15) is 4.98 Å². The molecule has 0 fully saturated rings. The van der Waals surface area contributed by atoms with E-state index < -0.39 is 5.63 Å². The molecular weight excluding hydrogens is 324 g/mol. The Morgan fingerprint density at radius 3 is 2.91 bits per heavy atom. The molecule has 0 spiro atoms. The molecule has 0 N–H and O–H groups in total. The van der Waals surface area contributed by atoms with Crippen molar-refractivity contribution in [3.8, 4) is 22.2 Å². The van der Waals surface area contributed by atoms with Crippen LogP contribution in [0, 0.1) is 0 Å². The molecular formula is C15H7ClN2O3S. The molecule has 7 heteroatoms. The molecule has 0 unspecified atom stereocenters. The topological polar surface area (TPSA) is 69.1 Å². The Morgan fingerprint density at radius 1 is 1.18 bits per heavy atom. The average Bonchev–Trinajstić information content (AvgIpc) is 3.17. The van der Waals surface area contributed by atoms with Gasteiger partial charge in [-0.1, -0.05) is 22.8 Å². The first-order chi connectivity index (χ1) is 10.7. The van der Waals surface area contributed by atoms with Crippen LogP contribution in [0.3, 0.4) is 0 Å². The molecule has 5 nitrogen and oxygen atoms in total. The van der Waals surface area contributed by atoms with Gasteiger partial charge >= 0.3 is 5.63 Å². The molecule has 0 saturated carbocycles. The summed E-state index contributed by atoms with van der Waals surface area (Å²) < 4.78 is 10.4. The molecule has 1 aromatic carbocycles. The summed E-state index contributed by atoms with van der Waals surface area (Å²) in [5.74, 6) is 0.564. The molecule has 3 heterocycles. The minimum Gasteiger partial charge on any atom is -0.422 e. The molecule has 0 radical (unpaired) electrons. The maximum absolute atomic E-state index is 12.1. The van der Waals surface area contributed by atoms with Crippen molar-refractivity contribution in [1.29, 1.82) is 0 Å². The van der Waals surface area contributed by atoms with Crippen LogP contribution in [0.15, 0.2) is 55.5 Å². The summed E-state index contributed by atoms with van der Waals surface area (Å²) in [5, 5.41) is 7.05. The number of halogens is 1. The second-order valence-corrected chi connectivity index (χ2v) is 5.91. The molecule has 0 aliphatic rings. The molecule has 0 atom stereocenters. The van der Waals surface area contributed by atoms with Gasteiger partial charge in [-0.3, -0.25) is 0 Å². The van der Waals surface area contributed by atoms with Gasteiger partial charge in [0.1, 0.15) is 11.1 Å². The Bertz CT molecular complexity index is 1020. The van der Waals surface area contributed by atoms with Gasteiger partial charge in [0, 0.05) is 10.4 Å². The quantitative estimate of drug-likeness (QED) is 0.514. The van der Waals surface area contributed by atoms with Crippen molar-refractivity contribution >= 4 is 33.9 Å². The molecule has 3 aromatic heterocycles. The zero-order valence-electron chi connectivity index (χ0n) is 10.9. The molecule has 0 saturated heterocycles. The van der Waals surface area contributed by atoms with Gasteiger partial charge in [0.25, 0.3) is 5.89 Å². The van der Waals surface area contributed by atoms with Gasteiger partial charge in [0.2, 0.25) is 5.82 Å². The fraction of sp³-hybridized carbons (Fsp3) is 0. The number of aromatic nitrogens is 2. The summed E-state index contributed by atoms with van der Waals surface area (Å²) >= 11 is 7.45. The van der Waals surface area contributed by atoms with Crippen LogP contribution in [0.25, 0.3) is 33.1 Å². The maximum atomic E-state index is 12.1. The van der Waals surface area contributed by atoms with Gasteiger partial charge in [0.15, 0.2) is 0 Å². The van der Waals surface area contributed by atoms with E-state index in [1.165, 1.54) is 11.3 Å². The molecule has 4 rings (SSSR count). The fourth-order valence-electron chi connectivity index (χ4n) is 2.08. The lowest BCUT2D eigenvalue weighted by Gasteiger charge is -1.98. The highest BCUT2D eigenvalue weighted by Crippen LogP contribution is 2.26. The third kappa shape index (κ3) is 2.22. The summed E-state index contributed by atoms with van der Waals surface area (Å²) in [7, 11) is 0. The number of rotatable bonds is 2. The smallest absolute Gasteiger partial charge is 0.349 e. The van der Waals surface area contributed by atoms with E-state index in [-0.39, 0.29) is 11.5 Å². The molecule has 0 aliphatic heterocycles. The minimum atomic E-state index is -0.531.